The van der Waals surface area contributed by atoms with E-state index < -0.39 is 0 Å². The molecule has 0 aliphatic heterocycles. The van der Waals surface area contributed by atoms with Gasteiger partial charge in [-0.15, -0.1) is 0 Å². The number of hydrogen-bond acceptors (Lipinski definition) is 2. The first-order chi connectivity index (χ1) is 6.24. The van der Waals surface area contributed by atoms with E-state index in [9.17, 15) is 0 Å². The SMILES string of the molecule is CCOC(/C=C/O)=C/C=C(\C)CC. The number of ether oxygens (including phenoxy) is 1. The van der Waals surface area contributed by atoms with Crippen molar-refractivity contribution in [3.05, 3.63) is 35.8 Å². The van der Waals surface area contributed by atoms with E-state index in [1.807, 2.05) is 19.1 Å². The summed E-state index contributed by atoms with van der Waals surface area (Å²) in [7, 11) is 0. The number of hydrogen-bond donors (Lipinski definition) is 1. The zero-order valence-corrected chi connectivity index (χ0v) is 8.58. The summed E-state index contributed by atoms with van der Waals surface area (Å²) in [5.41, 5.74) is 1.28. The second-order valence-corrected chi connectivity index (χ2v) is 2.68. The summed E-state index contributed by atoms with van der Waals surface area (Å²) in [6.07, 6.45) is 7.39. The molecule has 2 heteroatoms. The van der Waals surface area contributed by atoms with E-state index in [0.717, 1.165) is 12.7 Å². The third kappa shape index (κ3) is 6.02. The number of aliphatic hydroxyl groups excluding tert-OH is 1. The first-order valence-electron chi connectivity index (χ1n) is 4.55. The van der Waals surface area contributed by atoms with Gasteiger partial charge < -0.3 is 9.84 Å². The Morgan fingerprint density at radius 2 is 2.00 bits per heavy atom. The minimum absolute atomic E-state index is 0.606. The van der Waals surface area contributed by atoms with Crippen LogP contribution in [0.1, 0.15) is 27.2 Å². The first kappa shape index (κ1) is 11.8. The van der Waals surface area contributed by atoms with Crippen molar-refractivity contribution in [1.82, 2.24) is 0 Å². The van der Waals surface area contributed by atoms with Crippen molar-refractivity contribution in [1.29, 1.82) is 0 Å². The molecule has 13 heavy (non-hydrogen) atoms. The second-order valence-electron chi connectivity index (χ2n) is 2.68. The van der Waals surface area contributed by atoms with Gasteiger partial charge in [-0.3, -0.25) is 0 Å². The predicted molar refractivity (Wildman–Crippen MR) is 55.5 cm³/mol. The van der Waals surface area contributed by atoms with Crippen LogP contribution in [0.15, 0.2) is 35.8 Å². The molecule has 0 heterocycles. The molecule has 0 radical (unpaired) electrons. The lowest BCUT2D eigenvalue weighted by molar-refractivity contribution is 0.241. The van der Waals surface area contributed by atoms with Gasteiger partial charge >= 0.3 is 0 Å². The fourth-order valence-corrected chi connectivity index (χ4v) is 0.734. The van der Waals surface area contributed by atoms with Gasteiger partial charge in [0.25, 0.3) is 0 Å². The summed E-state index contributed by atoms with van der Waals surface area (Å²) < 4.78 is 5.25. The van der Waals surface area contributed by atoms with Crippen LogP contribution in [0.25, 0.3) is 0 Å². The molecule has 0 rings (SSSR count). The van der Waals surface area contributed by atoms with E-state index in [2.05, 4.69) is 13.8 Å². The molecule has 0 spiro atoms. The minimum Gasteiger partial charge on any atom is -0.515 e. The largest absolute Gasteiger partial charge is 0.515 e. The Hall–Kier alpha value is -1.18. The van der Waals surface area contributed by atoms with Gasteiger partial charge in [-0.05, 0) is 26.3 Å². The quantitative estimate of drug-likeness (QED) is 0.522. The lowest BCUT2D eigenvalue weighted by Crippen LogP contribution is -1.87. The molecule has 0 aromatic heterocycles. The van der Waals surface area contributed by atoms with Crippen LogP contribution >= 0.6 is 0 Å². The third-order valence-electron chi connectivity index (χ3n) is 1.64. The molecule has 0 aliphatic carbocycles. The van der Waals surface area contributed by atoms with Crippen LogP contribution < -0.4 is 0 Å². The lowest BCUT2D eigenvalue weighted by Gasteiger charge is -2.01. The molecule has 0 saturated heterocycles. The molecule has 0 unspecified atom stereocenters. The van der Waals surface area contributed by atoms with Gasteiger partial charge in [0.05, 0.1) is 12.9 Å². The average molecular weight is 182 g/mol. The molecule has 0 aromatic rings. The molecule has 0 atom stereocenters. The first-order valence-corrected chi connectivity index (χ1v) is 4.55. The van der Waals surface area contributed by atoms with Crippen molar-refractivity contribution in [2.75, 3.05) is 6.61 Å². The van der Waals surface area contributed by atoms with Gasteiger partial charge in [0.1, 0.15) is 5.76 Å². The summed E-state index contributed by atoms with van der Waals surface area (Å²) in [6.45, 7) is 6.68. The van der Waals surface area contributed by atoms with Gasteiger partial charge in [-0.1, -0.05) is 18.6 Å². The van der Waals surface area contributed by atoms with E-state index in [1.54, 1.807) is 0 Å². The molecule has 2 nitrogen and oxygen atoms in total. The van der Waals surface area contributed by atoms with Crippen molar-refractivity contribution in [2.24, 2.45) is 0 Å². The van der Waals surface area contributed by atoms with Crippen molar-refractivity contribution < 1.29 is 9.84 Å². The van der Waals surface area contributed by atoms with Crippen molar-refractivity contribution >= 4 is 0 Å². The van der Waals surface area contributed by atoms with E-state index >= 15 is 0 Å². The van der Waals surface area contributed by atoms with Crippen LogP contribution in [-0.2, 0) is 4.74 Å². The smallest absolute Gasteiger partial charge is 0.122 e. The Balaban J connectivity index is 4.34. The molecule has 74 valence electrons. The van der Waals surface area contributed by atoms with E-state index in [0.29, 0.717) is 12.4 Å². The third-order valence-corrected chi connectivity index (χ3v) is 1.64. The summed E-state index contributed by atoms with van der Waals surface area (Å²) >= 11 is 0. The Bertz CT molecular complexity index is 212. The number of allylic oxidation sites excluding steroid dienone is 4. The summed E-state index contributed by atoms with van der Waals surface area (Å²) in [4.78, 5) is 0. The van der Waals surface area contributed by atoms with Crippen LogP contribution in [0.5, 0.6) is 0 Å². The molecule has 1 N–H and O–H groups in total. The van der Waals surface area contributed by atoms with Crippen LogP contribution in [-0.4, -0.2) is 11.7 Å². The van der Waals surface area contributed by atoms with Crippen molar-refractivity contribution in [3.63, 3.8) is 0 Å². The zero-order chi connectivity index (χ0) is 10.1. The van der Waals surface area contributed by atoms with Gasteiger partial charge in [-0.2, -0.15) is 0 Å². The standard InChI is InChI=1S/C11H18O2/c1-4-10(3)6-7-11(8-9-12)13-5-2/h6-9,12H,4-5H2,1-3H3/b9-8+,10-6+,11-7+. The number of aliphatic hydroxyl groups is 1. The van der Waals surface area contributed by atoms with Crippen LogP contribution in [0.2, 0.25) is 0 Å². The Morgan fingerprint density at radius 1 is 1.31 bits per heavy atom. The number of rotatable bonds is 5. The maximum atomic E-state index is 8.56. The molecular formula is C11H18O2. The van der Waals surface area contributed by atoms with Crippen LogP contribution in [0, 0.1) is 0 Å². The molecule has 0 amide bonds. The normalized spacial score (nSPS) is 13.8. The minimum atomic E-state index is 0.606. The van der Waals surface area contributed by atoms with Crippen LogP contribution in [0.4, 0.5) is 0 Å². The zero-order valence-electron chi connectivity index (χ0n) is 8.58. The Morgan fingerprint density at radius 3 is 2.46 bits per heavy atom. The summed E-state index contributed by atoms with van der Waals surface area (Å²) in [5, 5.41) is 8.56. The Labute approximate surface area is 80.2 Å². The molecular weight excluding hydrogens is 164 g/mol. The molecule has 0 aromatic carbocycles. The fourth-order valence-electron chi connectivity index (χ4n) is 0.734. The van der Waals surface area contributed by atoms with Crippen LogP contribution in [0.3, 0.4) is 0 Å². The molecule has 0 fully saturated rings. The molecule has 0 bridgehead atoms. The second kappa shape index (κ2) is 7.47. The lowest BCUT2D eigenvalue weighted by atomic mass is 10.2. The van der Waals surface area contributed by atoms with E-state index in [4.69, 9.17) is 9.84 Å². The van der Waals surface area contributed by atoms with E-state index in [-0.39, 0.29) is 0 Å². The summed E-state index contributed by atoms with van der Waals surface area (Å²) in [5.74, 6) is 0.679. The highest BCUT2D eigenvalue weighted by Crippen LogP contribution is 2.03. The highest BCUT2D eigenvalue weighted by molar-refractivity contribution is 5.19. The fraction of sp³-hybridized carbons (Fsp3) is 0.455. The molecule has 0 saturated carbocycles. The van der Waals surface area contributed by atoms with Crippen molar-refractivity contribution in [3.8, 4) is 0 Å². The average Bonchev–Trinajstić information content (AvgIpc) is 2.14. The maximum Gasteiger partial charge on any atom is 0.122 e. The Kier molecular flexibility index (Phi) is 6.79. The topological polar surface area (TPSA) is 29.5 Å². The monoisotopic (exact) mass is 182 g/mol. The van der Waals surface area contributed by atoms with Crippen molar-refractivity contribution in [2.45, 2.75) is 27.2 Å². The van der Waals surface area contributed by atoms with Gasteiger partial charge in [-0.25, -0.2) is 0 Å². The van der Waals surface area contributed by atoms with Gasteiger partial charge in [0.2, 0.25) is 0 Å². The highest BCUT2D eigenvalue weighted by Gasteiger charge is 1.89. The highest BCUT2D eigenvalue weighted by atomic mass is 16.5. The van der Waals surface area contributed by atoms with Gasteiger partial charge in [0.15, 0.2) is 0 Å². The molecule has 0 aliphatic rings. The van der Waals surface area contributed by atoms with E-state index in [1.165, 1.54) is 11.6 Å². The maximum absolute atomic E-state index is 8.56. The summed E-state index contributed by atoms with van der Waals surface area (Å²) in [6, 6.07) is 0. The van der Waals surface area contributed by atoms with Gasteiger partial charge in [0, 0.05) is 6.08 Å². The predicted octanol–water partition coefficient (Wildman–Crippen LogP) is 3.33.